The van der Waals surface area contributed by atoms with Gasteiger partial charge in [0.25, 0.3) is 5.91 Å². The molecule has 0 aliphatic heterocycles. The Morgan fingerprint density at radius 2 is 1.67 bits per heavy atom. The summed E-state index contributed by atoms with van der Waals surface area (Å²) in [7, 11) is 3.95. The molecule has 0 aliphatic carbocycles. The van der Waals surface area contributed by atoms with E-state index in [1.54, 1.807) is 0 Å². The van der Waals surface area contributed by atoms with Crippen LogP contribution in [-0.4, -0.2) is 25.3 Å². The number of alkyl halides is 1. The molecule has 110 valence electrons. The van der Waals surface area contributed by atoms with Gasteiger partial charge in [-0.1, -0.05) is 28.1 Å². The van der Waals surface area contributed by atoms with Gasteiger partial charge in [-0.15, -0.1) is 0 Å². The summed E-state index contributed by atoms with van der Waals surface area (Å²) in [4.78, 5) is 14.2. The van der Waals surface area contributed by atoms with E-state index in [-0.39, 0.29) is 5.91 Å². The Bertz CT molecular complexity index is 591. The topological polar surface area (TPSA) is 32.3 Å². The Balaban J connectivity index is 2.03. The molecule has 0 unspecified atom stereocenters. The van der Waals surface area contributed by atoms with E-state index in [2.05, 4.69) is 21.2 Å². The Morgan fingerprint density at radius 3 is 2.19 bits per heavy atom. The van der Waals surface area contributed by atoms with Crippen LogP contribution in [0.3, 0.4) is 0 Å². The van der Waals surface area contributed by atoms with Crippen molar-refractivity contribution < 1.29 is 4.79 Å². The number of hydrogen-bond donors (Lipinski definition) is 1. The molecule has 0 aromatic heterocycles. The average molecular weight is 347 g/mol. The highest BCUT2D eigenvalue weighted by Crippen LogP contribution is 2.15. The number of nitrogens with one attached hydrogen (secondary N) is 1. The number of carbonyl (C=O) groups excluding carboxylic acids is 1. The van der Waals surface area contributed by atoms with Gasteiger partial charge in [-0.2, -0.15) is 0 Å². The molecule has 0 radical (unpaired) electrons. The molecule has 0 bridgehead atoms. The summed E-state index contributed by atoms with van der Waals surface area (Å²) in [5.74, 6) is -0.0893. The summed E-state index contributed by atoms with van der Waals surface area (Å²) >= 11 is 3.42. The van der Waals surface area contributed by atoms with Crippen molar-refractivity contribution in [3.05, 3.63) is 59.7 Å². The molecule has 2 aromatic carbocycles. The lowest BCUT2D eigenvalue weighted by atomic mass is 10.1. The third-order valence-corrected chi connectivity index (χ3v) is 3.64. The summed E-state index contributed by atoms with van der Waals surface area (Å²) in [5.41, 5.74) is 3.80. The zero-order valence-electron chi connectivity index (χ0n) is 12.3. The van der Waals surface area contributed by atoms with Crippen molar-refractivity contribution in [3.8, 4) is 0 Å². The first-order valence-electron chi connectivity index (χ1n) is 6.84. The van der Waals surface area contributed by atoms with Crippen molar-refractivity contribution in [2.45, 2.75) is 6.42 Å². The summed E-state index contributed by atoms with van der Waals surface area (Å²) in [6.45, 7) is 0. The minimum Gasteiger partial charge on any atom is -0.378 e. The lowest BCUT2D eigenvalue weighted by Gasteiger charge is -2.12. The van der Waals surface area contributed by atoms with Gasteiger partial charge < -0.3 is 10.2 Å². The van der Waals surface area contributed by atoms with Gasteiger partial charge in [0.15, 0.2) is 0 Å². The van der Waals surface area contributed by atoms with E-state index in [1.165, 1.54) is 5.56 Å². The molecular formula is C17H19BrN2O. The fourth-order valence-corrected chi connectivity index (χ4v) is 2.44. The van der Waals surface area contributed by atoms with E-state index >= 15 is 0 Å². The highest BCUT2D eigenvalue weighted by Gasteiger charge is 2.06. The fraction of sp³-hybridized carbons (Fsp3) is 0.235. The summed E-state index contributed by atoms with van der Waals surface area (Å²) in [5, 5.41) is 3.85. The Kier molecular flexibility index (Phi) is 5.39. The molecule has 0 aliphatic rings. The number of hydrogen-bond acceptors (Lipinski definition) is 2. The maximum absolute atomic E-state index is 12.2. The predicted octanol–water partition coefficient (Wildman–Crippen LogP) is 3.94. The highest BCUT2D eigenvalue weighted by molar-refractivity contribution is 9.09. The largest absolute Gasteiger partial charge is 0.378 e. The minimum atomic E-state index is -0.0893. The normalized spacial score (nSPS) is 10.2. The van der Waals surface area contributed by atoms with Gasteiger partial charge in [0.05, 0.1) is 0 Å². The van der Waals surface area contributed by atoms with Gasteiger partial charge in [0.2, 0.25) is 0 Å². The maximum Gasteiger partial charge on any atom is 0.255 e. The number of benzene rings is 2. The van der Waals surface area contributed by atoms with E-state index in [4.69, 9.17) is 0 Å². The van der Waals surface area contributed by atoms with E-state index in [0.717, 1.165) is 23.1 Å². The minimum absolute atomic E-state index is 0.0893. The van der Waals surface area contributed by atoms with Gasteiger partial charge in [0, 0.05) is 36.4 Å². The third-order valence-electron chi connectivity index (χ3n) is 3.24. The molecule has 1 amide bonds. The number of aryl methyl sites for hydroxylation is 1. The number of carbonyl (C=O) groups is 1. The van der Waals surface area contributed by atoms with Crippen molar-refractivity contribution in [3.63, 3.8) is 0 Å². The van der Waals surface area contributed by atoms with Crippen LogP contribution in [-0.2, 0) is 6.42 Å². The lowest BCUT2D eigenvalue weighted by Crippen LogP contribution is -2.13. The summed E-state index contributed by atoms with van der Waals surface area (Å²) in [6.07, 6.45) is 0.986. The first-order valence-corrected chi connectivity index (χ1v) is 7.96. The maximum atomic E-state index is 12.2. The van der Waals surface area contributed by atoms with Crippen molar-refractivity contribution in [1.29, 1.82) is 0 Å². The first-order chi connectivity index (χ1) is 10.1. The average Bonchev–Trinajstić information content (AvgIpc) is 2.49. The summed E-state index contributed by atoms with van der Waals surface area (Å²) < 4.78 is 0. The van der Waals surface area contributed by atoms with Crippen molar-refractivity contribution in [2.24, 2.45) is 0 Å². The van der Waals surface area contributed by atoms with Gasteiger partial charge >= 0.3 is 0 Å². The van der Waals surface area contributed by atoms with Crippen LogP contribution in [0.2, 0.25) is 0 Å². The van der Waals surface area contributed by atoms with Crippen molar-refractivity contribution in [2.75, 3.05) is 29.6 Å². The highest BCUT2D eigenvalue weighted by atomic mass is 79.9. The molecule has 1 N–H and O–H groups in total. The molecule has 2 rings (SSSR count). The fourth-order valence-electron chi connectivity index (χ4n) is 1.98. The van der Waals surface area contributed by atoms with Crippen LogP contribution in [0.5, 0.6) is 0 Å². The molecule has 0 atom stereocenters. The number of halogens is 1. The van der Waals surface area contributed by atoms with Gasteiger partial charge in [-0.3, -0.25) is 4.79 Å². The standard InChI is InChI=1S/C17H19BrN2O/c1-20(2)16-9-5-14(6-10-16)17(21)19-15-7-3-13(4-8-15)11-12-18/h3-10H,11-12H2,1-2H3,(H,19,21). The third kappa shape index (κ3) is 4.33. The molecule has 3 nitrogen and oxygen atoms in total. The van der Waals surface area contributed by atoms with Gasteiger partial charge in [0.1, 0.15) is 0 Å². The Morgan fingerprint density at radius 1 is 1.05 bits per heavy atom. The number of anilines is 2. The van der Waals surface area contributed by atoms with Crippen LogP contribution in [0.1, 0.15) is 15.9 Å². The first kappa shape index (κ1) is 15.6. The van der Waals surface area contributed by atoms with E-state index in [1.807, 2.05) is 67.5 Å². The second-order valence-corrected chi connectivity index (χ2v) is 5.82. The second-order valence-electron chi connectivity index (χ2n) is 5.03. The number of rotatable bonds is 5. The molecule has 2 aromatic rings. The van der Waals surface area contributed by atoms with E-state index in [9.17, 15) is 4.79 Å². The van der Waals surface area contributed by atoms with E-state index < -0.39 is 0 Å². The number of amides is 1. The SMILES string of the molecule is CN(C)c1ccc(C(=O)Nc2ccc(CCBr)cc2)cc1. The van der Waals surface area contributed by atoms with E-state index in [0.29, 0.717) is 5.56 Å². The molecule has 0 fully saturated rings. The zero-order chi connectivity index (χ0) is 15.2. The second kappa shape index (κ2) is 7.27. The molecule has 0 heterocycles. The van der Waals surface area contributed by atoms with Crippen molar-refractivity contribution in [1.82, 2.24) is 0 Å². The van der Waals surface area contributed by atoms with Gasteiger partial charge in [-0.05, 0) is 48.4 Å². The van der Waals surface area contributed by atoms with Crippen LogP contribution in [0.25, 0.3) is 0 Å². The molecule has 0 saturated carbocycles. The van der Waals surface area contributed by atoms with Crippen LogP contribution < -0.4 is 10.2 Å². The molecule has 0 spiro atoms. The molecule has 21 heavy (non-hydrogen) atoms. The smallest absolute Gasteiger partial charge is 0.255 e. The molecular weight excluding hydrogens is 328 g/mol. The monoisotopic (exact) mass is 346 g/mol. The quantitative estimate of drug-likeness (QED) is 0.831. The zero-order valence-corrected chi connectivity index (χ0v) is 13.9. The Hall–Kier alpha value is -1.81. The van der Waals surface area contributed by atoms with Gasteiger partial charge in [-0.25, -0.2) is 0 Å². The number of nitrogens with zero attached hydrogens (tertiary/aromatic N) is 1. The Labute approximate surface area is 134 Å². The van der Waals surface area contributed by atoms with Crippen LogP contribution >= 0.6 is 15.9 Å². The van der Waals surface area contributed by atoms with Crippen molar-refractivity contribution >= 4 is 33.2 Å². The molecule has 4 heteroatoms. The summed E-state index contributed by atoms with van der Waals surface area (Å²) in [6, 6.07) is 15.5. The van der Waals surface area contributed by atoms with Crippen LogP contribution in [0, 0.1) is 0 Å². The molecule has 0 saturated heterocycles. The lowest BCUT2D eigenvalue weighted by molar-refractivity contribution is 0.102. The van der Waals surface area contributed by atoms with Crippen LogP contribution in [0.15, 0.2) is 48.5 Å². The van der Waals surface area contributed by atoms with Crippen LogP contribution in [0.4, 0.5) is 11.4 Å². The predicted molar refractivity (Wildman–Crippen MR) is 92.7 cm³/mol.